The first-order valence-electron chi connectivity index (χ1n) is 7.68. The van der Waals surface area contributed by atoms with Gasteiger partial charge >= 0.3 is 0 Å². The van der Waals surface area contributed by atoms with Crippen LogP contribution in [0, 0.1) is 0 Å². The zero-order valence-electron chi connectivity index (χ0n) is 14.1. The van der Waals surface area contributed by atoms with E-state index in [9.17, 15) is 9.59 Å². The fourth-order valence-electron chi connectivity index (χ4n) is 3.07. The lowest BCUT2D eigenvalue weighted by molar-refractivity contribution is -0.115. The lowest BCUT2D eigenvalue weighted by Crippen LogP contribution is -2.40. The summed E-state index contributed by atoms with van der Waals surface area (Å²) < 4.78 is 0. The minimum absolute atomic E-state index is 0.292. The van der Waals surface area contributed by atoms with E-state index in [4.69, 9.17) is 0 Å². The Morgan fingerprint density at radius 2 is 0.600 bits per heavy atom. The van der Waals surface area contributed by atoms with E-state index in [1.165, 1.54) is 0 Å². The first-order chi connectivity index (χ1) is 9.11. The van der Waals surface area contributed by atoms with Crippen molar-refractivity contribution >= 4 is 46.8 Å². The molecule has 0 aliphatic heterocycles. The predicted molar refractivity (Wildman–Crippen MR) is 99.6 cm³/mol. The highest BCUT2D eigenvalue weighted by atomic mass is 28.3. The molecular weight excluding hydrogens is 312 g/mol. The molecule has 0 saturated heterocycles. The van der Waals surface area contributed by atoms with Gasteiger partial charge in [-0.2, -0.15) is 0 Å². The highest BCUT2D eigenvalue weighted by Crippen LogP contribution is 2.30. The number of carbonyl (C=O) groups is 2. The van der Waals surface area contributed by atoms with Gasteiger partial charge in [-0.25, -0.2) is 0 Å². The minimum atomic E-state index is -1.25. The number of hydrogen-bond donors (Lipinski definition) is 0. The average Bonchev–Trinajstić information content (AvgIpc) is 2.28. The molecule has 0 N–H and O–H groups in total. The second-order valence-corrected chi connectivity index (χ2v) is 18.5. The van der Waals surface area contributed by atoms with E-state index >= 15 is 0 Å². The Hall–Kier alpha value is -0.312. The van der Waals surface area contributed by atoms with Gasteiger partial charge in [-0.3, -0.25) is 9.59 Å². The third-order valence-corrected chi connectivity index (χ3v) is 11.4. The number of carbonyl (C=O) groups excluding carboxylic acids is 2. The second-order valence-electron chi connectivity index (χ2n) is 6.93. The first kappa shape index (κ1) is 17.7. The molecule has 1 rings (SSSR count). The lowest BCUT2D eigenvalue weighted by Gasteiger charge is -2.30. The SMILES string of the molecule is C[SiH](C)C1=C([SiH](C)C)C(=O)C([SiH](C)C)=C([SiH](C)C)C1=O. The van der Waals surface area contributed by atoms with Crippen molar-refractivity contribution in [3.05, 3.63) is 20.8 Å². The minimum Gasteiger partial charge on any atom is -0.290 e. The highest BCUT2D eigenvalue weighted by Gasteiger charge is 2.38. The molecule has 0 aromatic heterocycles. The number of Topliss-reactive ketones (excluding diaryl/α,β-unsaturated/α-hetero) is 2. The molecule has 6 heteroatoms. The fraction of sp³-hybridized carbons (Fsp3) is 0.571. The van der Waals surface area contributed by atoms with Crippen LogP contribution in [0.25, 0.3) is 0 Å². The van der Waals surface area contributed by atoms with E-state index in [1.807, 2.05) is 0 Å². The molecule has 1 aliphatic rings. The van der Waals surface area contributed by atoms with Gasteiger partial charge in [0.2, 0.25) is 0 Å². The van der Waals surface area contributed by atoms with E-state index in [1.54, 1.807) is 0 Å². The molecule has 0 atom stereocenters. The molecule has 0 amide bonds. The number of allylic oxidation sites excluding steroid dienone is 4. The summed E-state index contributed by atoms with van der Waals surface area (Å²) in [4.78, 5) is 26.1. The summed E-state index contributed by atoms with van der Waals surface area (Å²) in [6, 6.07) is 0. The lowest BCUT2D eigenvalue weighted by atomic mass is 10.1. The standard InChI is InChI=1S/C14H28O2Si4/c1-17(2)11-9(15)13(19(5)6)14(20(7)8)10(16)12(11)18(3)4/h17-20H,1-8H3. The molecule has 0 fully saturated rings. The molecule has 112 valence electrons. The van der Waals surface area contributed by atoms with Crippen LogP contribution in [-0.2, 0) is 9.59 Å². The van der Waals surface area contributed by atoms with Gasteiger partial charge in [0, 0.05) is 0 Å². The van der Waals surface area contributed by atoms with Crippen LogP contribution in [0.4, 0.5) is 0 Å². The van der Waals surface area contributed by atoms with E-state index in [0.29, 0.717) is 11.6 Å². The highest BCUT2D eigenvalue weighted by molar-refractivity contribution is 6.89. The quantitative estimate of drug-likeness (QED) is 0.578. The van der Waals surface area contributed by atoms with Gasteiger partial charge in [0.25, 0.3) is 0 Å². The van der Waals surface area contributed by atoms with Crippen LogP contribution in [0.15, 0.2) is 20.8 Å². The summed E-state index contributed by atoms with van der Waals surface area (Å²) in [5, 5.41) is 3.97. The molecule has 0 bridgehead atoms. The maximum absolute atomic E-state index is 13.0. The molecule has 1 aliphatic carbocycles. The first-order valence-corrected chi connectivity index (χ1v) is 19.2. The summed E-state index contributed by atoms with van der Waals surface area (Å²) in [6.45, 7) is 17.5. The van der Waals surface area contributed by atoms with Crippen molar-refractivity contribution in [1.82, 2.24) is 0 Å². The Kier molecular flexibility index (Phi) is 5.88. The van der Waals surface area contributed by atoms with Crippen molar-refractivity contribution in [1.29, 1.82) is 0 Å². The van der Waals surface area contributed by atoms with E-state index < -0.39 is 35.2 Å². The smallest absolute Gasteiger partial charge is 0.176 e. The summed E-state index contributed by atoms with van der Waals surface area (Å²) in [6.07, 6.45) is 0. The van der Waals surface area contributed by atoms with Gasteiger partial charge in [0.1, 0.15) is 0 Å². The third kappa shape index (κ3) is 3.13. The monoisotopic (exact) mass is 340 g/mol. The molecule has 0 heterocycles. The van der Waals surface area contributed by atoms with Crippen LogP contribution in [-0.4, -0.2) is 46.8 Å². The van der Waals surface area contributed by atoms with Gasteiger partial charge in [0.05, 0.1) is 35.2 Å². The van der Waals surface area contributed by atoms with Crippen molar-refractivity contribution in [2.45, 2.75) is 52.4 Å². The molecule has 0 unspecified atom stereocenters. The van der Waals surface area contributed by atoms with Crippen LogP contribution in [0.1, 0.15) is 0 Å². The zero-order chi connectivity index (χ0) is 15.8. The normalized spacial score (nSPS) is 17.6. The summed E-state index contributed by atoms with van der Waals surface area (Å²) in [5.74, 6) is 0.584. The van der Waals surface area contributed by atoms with Crippen molar-refractivity contribution in [2.24, 2.45) is 0 Å². The van der Waals surface area contributed by atoms with Gasteiger partial charge < -0.3 is 0 Å². The molecular formula is C14H28O2Si4. The molecule has 20 heavy (non-hydrogen) atoms. The van der Waals surface area contributed by atoms with Crippen LogP contribution in [0.2, 0.25) is 52.4 Å². The van der Waals surface area contributed by atoms with Crippen LogP contribution < -0.4 is 0 Å². The van der Waals surface area contributed by atoms with E-state index in [2.05, 4.69) is 52.4 Å². The van der Waals surface area contributed by atoms with E-state index in [0.717, 1.165) is 20.8 Å². The summed E-state index contributed by atoms with van der Waals surface area (Å²) >= 11 is 0. The van der Waals surface area contributed by atoms with Crippen LogP contribution >= 0.6 is 0 Å². The molecule has 0 radical (unpaired) electrons. The topological polar surface area (TPSA) is 34.1 Å². The molecule has 2 nitrogen and oxygen atoms in total. The number of hydrogen-bond acceptors (Lipinski definition) is 2. The third-order valence-electron chi connectivity index (χ3n) is 3.87. The average molecular weight is 341 g/mol. The van der Waals surface area contributed by atoms with Crippen LogP contribution in [0.3, 0.4) is 0 Å². The van der Waals surface area contributed by atoms with Gasteiger partial charge in [-0.15, -0.1) is 0 Å². The Bertz CT molecular complexity index is 413. The second kappa shape index (κ2) is 6.63. The Morgan fingerprint density at radius 3 is 0.700 bits per heavy atom. The number of rotatable bonds is 4. The molecule has 0 saturated carbocycles. The van der Waals surface area contributed by atoms with Crippen LogP contribution in [0.5, 0.6) is 0 Å². The molecule has 0 aromatic rings. The Labute approximate surface area is 129 Å². The predicted octanol–water partition coefficient (Wildman–Crippen LogP) is 1.83. The Morgan fingerprint density at radius 1 is 0.450 bits per heavy atom. The van der Waals surface area contributed by atoms with E-state index in [-0.39, 0.29) is 0 Å². The maximum Gasteiger partial charge on any atom is 0.176 e. The van der Waals surface area contributed by atoms with Crippen molar-refractivity contribution < 1.29 is 9.59 Å². The van der Waals surface area contributed by atoms with Gasteiger partial charge in [-0.1, -0.05) is 52.4 Å². The van der Waals surface area contributed by atoms with Crippen molar-refractivity contribution in [2.75, 3.05) is 0 Å². The number of ketones is 2. The van der Waals surface area contributed by atoms with Crippen molar-refractivity contribution in [3.63, 3.8) is 0 Å². The zero-order valence-corrected chi connectivity index (χ0v) is 18.7. The molecule has 0 spiro atoms. The summed E-state index contributed by atoms with van der Waals surface area (Å²) in [7, 11) is -5.01. The summed E-state index contributed by atoms with van der Waals surface area (Å²) in [5.41, 5.74) is 0. The maximum atomic E-state index is 13.0. The van der Waals surface area contributed by atoms with Gasteiger partial charge in [-0.05, 0) is 20.8 Å². The fourth-order valence-corrected chi connectivity index (χ4v) is 13.1. The Balaban J connectivity index is 3.63. The van der Waals surface area contributed by atoms with Gasteiger partial charge in [0.15, 0.2) is 11.6 Å². The van der Waals surface area contributed by atoms with Crippen molar-refractivity contribution in [3.8, 4) is 0 Å². The molecule has 0 aromatic carbocycles. The largest absolute Gasteiger partial charge is 0.290 e.